The quantitative estimate of drug-likeness (QED) is 0.809. The summed E-state index contributed by atoms with van der Waals surface area (Å²) in [7, 11) is 1.43. The van der Waals surface area contributed by atoms with Crippen molar-refractivity contribution in [2.45, 2.75) is 18.8 Å². The van der Waals surface area contributed by atoms with E-state index in [0.29, 0.717) is 5.56 Å². The van der Waals surface area contributed by atoms with Crippen LogP contribution in [0.1, 0.15) is 24.3 Å². The van der Waals surface area contributed by atoms with Gasteiger partial charge in [-0.2, -0.15) is 0 Å². The van der Waals surface area contributed by atoms with E-state index >= 15 is 0 Å². The maximum atomic E-state index is 13.3. The van der Waals surface area contributed by atoms with Gasteiger partial charge in [0.1, 0.15) is 5.82 Å². The number of ether oxygens (including phenoxy) is 1. The minimum Gasteiger partial charge on any atom is -0.504 e. The van der Waals surface area contributed by atoms with Crippen LogP contribution >= 0.6 is 0 Å². The lowest BCUT2D eigenvalue weighted by molar-refractivity contribution is 0.359. The van der Waals surface area contributed by atoms with Crippen LogP contribution in [0, 0.1) is 5.82 Å². The summed E-state index contributed by atoms with van der Waals surface area (Å²) in [6.07, 6.45) is 1.83. The molecule has 0 amide bonds. The van der Waals surface area contributed by atoms with Gasteiger partial charge in [0, 0.05) is 11.6 Å². The SMILES string of the molecule is COc1cc(F)cc(C2CCNCC2)c1O. The minimum atomic E-state index is -0.358. The van der Waals surface area contributed by atoms with Crippen LogP contribution in [0.5, 0.6) is 11.5 Å². The van der Waals surface area contributed by atoms with Crippen molar-refractivity contribution in [3.8, 4) is 11.5 Å². The smallest absolute Gasteiger partial charge is 0.163 e. The van der Waals surface area contributed by atoms with Gasteiger partial charge in [-0.05, 0) is 37.9 Å². The van der Waals surface area contributed by atoms with Crippen LogP contribution in [-0.2, 0) is 0 Å². The van der Waals surface area contributed by atoms with Crippen molar-refractivity contribution >= 4 is 0 Å². The molecule has 1 heterocycles. The summed E-state index contributed by atoms with van der Waals surface area (Å²) in [6.45, 7) is 1.81. The first-order valence-electron chi connectivity index (χ1n) is 5.49. The van der Waals surface area contributed by atoms with E-state index < -0.39 is 0 Å². The van der Waals surface area contributed by atoms with Gasteiger partial charge in [-0.25, -0.2) is 4.39 Å². The molecule has 3 nitrogen and oxygen atoms in total. The fraction of sp³-hybridized carbons (Fsp3) is 0.500. The Balaban J connectivity index is 2.34. The van der Waals surface area contributed by atoms with Gasteiger partial charge in [0.25, 0.3) is 0 Å². The van der Waals surface area contributed by atoms with E-state index in [1.807, 2.05) is 0 Å². The molecule has 0 aliphatic carbocycles. The number of benzene rings is 1. The Labute approximate surface area is 94.2 Å². The van der Waals surface area contributed by atoms with E-state index in [2.05, 4.69) is 5.32 Å². The summed E-state index contributed by atoms with van der Waals surface area (Å²) >= 11 is 0. The van der Waals surface area contributed by atoms with E-state index in [0.717, 1.165) is 25.9 Å². The highest BCUT2D eigenvalue weighted by molar-refractivity contribution is 5.47. The van der Waals surface area contributed by atoms with Gasteiger partial charge in [-0.15, -0.1) is 0 Å². The fourth-order valence-electron chi connectivity index (χ4n) is 2.19. The number of halogens is 1. The monoisotopic (exact) mass is 225 g/mol. The number of phenols is 1. The van der Waals surface area contributed by atoms with E-state index in [1.165, 1.54) is 19.2 Å². The van der Waals surface area contributed by atoms with Crippen LogP contribution in [0.2, 0.25) is 0 Å². The summed E-state index contributed by atoms with van der Waals surface area (Å²) in [5.74, 6) is 0.151. The molecule has 0 radical (unpaired) electrons. The van der Waals surface area contributed by atoms with E-state index in [1.54, 1.807) is 0 Å². The lowest BCUT2D eigenvalue weighted by Gasteiger charge is -2.24. The zero-order valence-electron chi connectivity index (χ0n) is 9.29. The maximum Gasteiger partial charge on any atom is 0.163 e. The van der Waals surface area contributed by atoms with Crippen molar-refractivity contribution in [3.05, 3.63) is 23.5 Å². The summed E-state index contributed by atoms with van der Waals surface area (Å²) in [5, 5.41) is 13.2. The zero-order chi connectivity index (χ0) is 11.5. The molecule has 1 aliphatic heterocycles. The molecule has 0 spiro atoms. The Morgan fingerprint density at radius 1 is 1.38 bits per heavy atom. The Morgan fingerprint density at radius 2 is 2.06 bits per heavy atom. The van der Waals surface area contributed by atoms with Crippen LogP contribution in [0.25, 0.3) is 0 Å². The molecule has 0 unspecified atom stereocenters. The third-order valence-electron chi connectivity index (χ3n) is 3.07. The molecule has 0 atom stereocenters. The topological polar surface area (TPSA) is 41.5 Å². The van der Waals surface area contributed by atoms with Gasteiger partial charge in [0.15, 0.2) is 11.5 Å². The maximum absolute atomic E-state index is 13.3. The number of piperidine rings is 1. The highest BCUT2D eigenvalue weighted by Crippen LogP contribution is 2.38. The van der Waals surface area contributed by atoms with Gasteiger partial charge in [-0.3, -0.25) is 0 Å². The largest absolute Gasteiger partial charge is 0.504 e. The average molecular weight is 225 g/mol. The number of hydrogen-bond acceptors (Lipinski definition) is 3. The Morgan fingerprint density at radius 3 is 2.69 bits per heavy atom. The standard InChI is InChI=1S/C12H16FNO2/c1-16-11-7-9(13)6-10(12(11)15)8-2-4-14-5-3-8/h6-8,14-15H,2-5H2,1H3. The normalized spacial score (nSPS) is 17.4. The van der Waals surface area contributed by atoms with Gasteiger partial charge in [0.2, 0.25) is 0 Å². The van der Waals surface area contributed by atoms with E-state index in [9.17, 15) is 9.50 Å². The van der Waals surface area contributed by atoms with Crippen LogP contribution in [0.4, 0.5) is 4.39 Å². The van der Waals surface area contributed by atoms with Gasteiger partial charge >= 0.3 is 0 Å². The predicted molar refractivity (Wildman–Crippen MR) is 59.5 cm³/mol. The average Bonchev–Trinajstić information content (AvgIpc) is 2.33. The summed E-state index contributed by atoms with van der Waals surface area (Å²) in [6, 6.07) is 2.62. The molecule has 1 aromatic carbocycles. The van der Waals surface area contributed by atoms with Crippen molar-refractivity contribution in [3.63, 3.8) is 0 Å². The van der Waals surface area contributed by atoms with E-state index in [-0.39, 0.29) is 23.2 Å². The molecule has 4 heteroatoms. The lowest BCUT2D eigenvalue weighted by atomic mass is 9.89. The number of phenolic OH excluding ortho intramolecular Hbond substituents is 1. The second kappa shape index (κ2) is 4.70. The molecule has 16 heavy (non-hydrogen) atoms. The van der Waals surface area contributed by atoms with Gasteiger partial charge in [-0.1, -0.05) is 0 Å². The summed E-state index contributed by atoms with van der Waals surface area (Å²) in [4.78, 5) is 0. The molecule has 88 valence electrons. The van der Waals surface area contributed by atoms with Crippen molar-refractivity contribution in [1.82, 2.24) is 5.32 Å². The third-order valence-corrected chi connectivity index (χ3v) is 3.07. The third kappa shape index (κ3) is 2.11. The highest BCUT2D eigenvalue weighted by atomic mass is 19.1. The zero-order valence-corrected chi connectivity index (χ0v) is 9.29. The van der Waals surface area contributed by atoms with Crippen molar-refractivity contribution < 1.29 is 14.2 Å². The molecular weight excluding hydrogens is 209 g/mol. The molecular formula is C12H16FNO2. The van der Waals surface area contributed by atoms with Crippen molar-refractivity contribution in [2.75, 3.05) is 20.2 Å². The highest BCUT2D eigenvalue weighted by Gasteiger charge is 2.21. The first-order chi connectivity index (χ1) is 7.72. The van der Waals surface area contributed by atoms with Crippen LogP contribution in [0.3, 0.4) is 0 Å². The molecule has 1 aromatic rings. The summed E-state index contributed by atoms with van der Waals surface area (Å²) in [5.41, 5.74) is 0.665. The van der Waals surface area contributed by atoms with Crippen LogP contribution < -0.4 is 10.1 Å². The molecule has 1 aliphatic rings. The first-order valence-corrected chi connectivity index (χ1v) is 5.49. The Hall–Kier alpha value is -1.29. The van der Waals surface area contributed by atoms with Crippen molar-refractivity contribution in [2.24, 2.45) is 0 Å². The van der Waals surface area contributed by atoms with Gasteiger partial charge < -0.3 is 15.2 Å². The molecule has 2 rings (SSSR count). The molecule has 0 aromatic heterocycles. The number of methoxy groups -OCH3 is 1. The molecule has 0 saturated carbocycles. The fourth-order valence-corrected chi connectivity index (χ4v) is 2.19. The second-order valence-electron chi connectivity index (χ2n) is 4.07. The van der Waals surface area contributed by atoms with E-state index in [4.69, 9.17) is 4.74 Å². The van der Waals surface area contributed by atoms with Crippen LogP contribution in [-0.4, -0.2) is 25.3 Å². The molecule has 1 saturated heterocycles. The number of hydrogen-bond donors (Lipinski definition) is 2. The first kappa shape index (κ1) is 11.2. The predicted octanol–water partition coefficient (Wildman–Crippen LogP) is 2.01. The molecule has 0 bridgehead atoms. The summed E-state index contributed by atoms with van der Waals surface area (Å²) < 4.78 is 18.3. The number of rotatable bonds is 2. The molecule has 1 fully saturated rings. The van der Waals surface area contributed by atoms with Crippen LogP contribution in [0.15, 0.2) is 12.1 Å². The minimum absolute atomic E-state index is 0.0794. The van der Waals surface area contributed by atoms with Gasteiger partial charge in [0.05, 0.1) is 7.11 Å². The van der Waals surface area contributed by atoms with Crippen molar-refractivity contribution in [1.29, 1.82) is 0 Å². The number of nitrogens with one attached hydrogen (secondary N) is 1. The number of aromatic hydroxyl groups is 1. The Kier molecular flexibility index (Phi) is 3.29. The second-order valence-corrected chi connectivity index (χ2v) is 4.07. The lowest BCUT2D eigenvalue weighted by Crippen LogP contribution is -2.26. The Bertz CT molecular complexity index is 376. The molecule has 2 N–H and O–H groups in total.